The highest BCUT2D eigenvalue weighted by Gasteiger charge is 1.96. The van der Waals surface area contributed by atoms with Gasteiger partial charge in [-0.3, -0.25) is 0 Å². The maximum Gasteiger partial charge on any atom is 0.126 e. The molecule has 2 heterocycles. The van der Waals surface area contributed by atoms with Gasteiger partial charge in [-0.2, -0.15) is 5.26 Å². The first-order valence-corrected chi connectivity index (χ1v) is 5.30. The van der Waals surface area contributed by atoms with Gasteiger partial charge >= 0.3 is 0 Å². The van der Waals surface area contributed by atoms with Crippen molar-refractivity contribution in [1.82, 2.24) is 9.97 Å². The van der Waals surface area contributed by atoms with Crippen molar-refractivity contribution in [3.63, 3.8) is 0 Å². The molecule has 0 bridgehead atoms. The summed E-state index contributed by atoms with van der Waals surface area (Å²) in [6.45, 7) is 0.655. The second-order valence-corrected chi connectivity index (χ2v) is 3.60. The Hall–Kier alpha value is -1.93. The number of aromatic nitrogens is 2. The molecule has 0 aliphatic rings. The van der Waals surface area contributed by atoms with E-state index in [4.69, 9.17) is 5.26 Å². The SMILES string of the molecule is N#Cc1ccc(NCc2cscn2)nc1. The van der Waals surface area contributed by atoms with Gasteiger partial charge in [0.05, 0.1) is 23.3 Å². The van der Waals surface area contributed by atoms with Gasteiger partial charge in [0.15, 0.2) is 0 Å². The Morgan fingerprint density at radius 2 is 2.33 bits per heavy atom. The standard InChI is InChI=1S/C10H8N4S/c11-3-8-1-2-10(12-4-8)13-5-9-6-15-7-14-9/h1-2,4,6-7H,5H2,(H,12,13). The molecular weight excluding hydrogens is 208 g/mol. The van der Waals surface area contributed by atoms with Crippen molar-refractivity contribution in [1.29, 1.82) is 5.26 Å². The lowest BCUT2D eigenvalue weighted by molar-refractivity contribution is 1.05. The molecule has 4 nitrogen and oxygen atoms in total. The van der Waals surface area contributed by atoms with E-state index in [2.05, 4.69) is 15.3 Å². The van der Waals surface area contributed by atoms with Gasteiger partial charge in [-0.05, 0) is 12.1 Å². The van der Waals surface area contributed by atoms with Crippen LogP contribution in [-0.2, 0) is 6.54 Å². The normalized spacial score (nSPS) is 9.53. The minimum absolute atomic E-state index is 0.564. The van der Waals surface area contributed by atoms with E-state index in [-0.39, 0.29) is 0 Å². The Morgan fingerprint density at radius 3 is 2.93 bits per heavy atom. The number of hydrogen-bond donors (Lipinski definition) is 1. The largest absolute Gasteiger partial charge is 0.364 e. The topological polar surface area (TPSA) is 61.6 Å². The van der Waals surface area contributed by atoms with Crippen LogP contribution in [0.3, 0.4) is 0 Å². The molecular formula is C10H8N4S. The highest BCUT2D eigenvalue weighted by Crippen LogP contribution is 2.07. The van der Waals surface area contributed by atoms with Crippen LogP contribution in [0.2, 0.25) is 0 Å². The first kappa shape index (κ1) is 9.62. The summed E-state index contributed by atoms with van der Waals surface area (Å²) in [5, 5.41) is 13.7. The number of nitrogens with one attached hydrogen (secondary N) is 1. The van der Waals surface area contributed by atoms with Gasteiger partial charge in [-0.15, -0.1) is 11.3 Å². The number of nitrogens with zero attached hydrogens (tertiary/aromatic N) is 3. The molecule has 0 saturated carbocycles. The molecule has 0 radical (unpaired) electrons. The molecule has 15 heavy (non-hydrogen) atoms. The second-order valence-electron chi connectivity index (χ2n) is 2.88. The van der Waals surface area contributed by atoms with E-state index in [1.54, 1.807) is 35.2 Å². The van der Waals surface area contributed by atoms with E-state index in [0.29, 0.717) is 12.1 Å². The zero-order chi connectivity index (χ0) is 10.5. The molecule has 0 spiro atoms. The van der Waals surface area contributed by atoms with Gasteiger partial charge in [0.2, 0.25) is 0 Å². The monoisotopic (exact) mass is 216 g/mol. The van der Waals surface area contributed by atoms with E-state index in [1.165, 1.54) is 0 Å². The van der Waals surface area contributed by atoms with E-state index >= 15 is 0 Å². The van der Waals surface area contributed by atoms with Gasteiger partial charge in [0.25, 0.3) is 0 Å². The van der Waals surface area contributed by atoms with Crippen LogP contribution in [-0.4, -0.2) is 9.97 Å². The molecule has 74 valence electrons. The van der Waals surface area contributed by atoms with Crippen LogP contribution in [0.1, 0.15) is 11.3 Å². The zero-order valence-corrected chi connectivity index (χ0v) is 8.66. The summed E-state index contributed by atoms with van der Waals surface area (Å²) in [6.07, 6.45) is 1.55. The average Bonchev–Trinajstić information content (AvgIpc) is 2.80. The molecule has 0 saturated heterocycles. The third-order valence-electron chi connectivity index (χ3n) is 1.83. The summed E-state index contributed by atoms with van der Waals surface area (Å²) in [5.41, 5.74) is 3.35. The van der Waals surface area contributed by atoms with Crippen LogP contribution in [0.4, 0.5) is 5.82 Å². The highest BCUT2D eigenvalue weighted by atomic mass is 32.1. The lowest BCUT2D eigenvalue weighted by atomic mass is 10.3. The summed E-state index contributed by atoms with van der Waals surface area (Å²) in [7, 11) is 0. The first-order valence-electron chi connectivity index (χ1n) is 4.35. The molecule has 0 amide bonds. The minimum Gasteiger partial charge on any atom is -0.364 e. The molecule has 2 rings (SSSR count). The van der Waals surface area contributed by atoms with Gasteiger partial charge < -0.3 is 5.32 Å². The van der Waals surface area contributed by atoms with Gasteiger partial charge in [-0.1, -0.05) is 0 Å². The third-order valence-corrected chi connectivity index (χ3v) is 2.46. The number of hydrogen-bond acceptors (Lipinski definition) is 5. The summed E-state index contributed by atoms with van der Waals surface area (Å²) < 4.78 is 0. The molecule has 0 fully saturated rings. The fraction of sp³-hybridized carbons (Fsp3) is 0.100. The van der Waals surface area contributed by atoms with Crippen LogP contribution in [0.5, 0.6) is 0 Å². The van der Waals surface area contributed by atoms with Crippen LogP contribution in [0, 0.1) is 11.3 Å². The molecule has 5 heteroatoms. The van der Waals surface area contributed by atoms with E-state index in [9.17, 15) is 0 Å². The number of anilines is 1. The molecule has 0 aromatic carbocycles. The molecule has 0 aliphatic heterocycles. The Balaban J connectivity index is 1.97. The summed E-state index contributed by atoms with van der Waals surface area (Å²) >= 11 is 1.57. The molecule has 2 aromatic rings. The third kappa shape index (κ3) is 2.51. The Labute approximate surface area is 91.2 Å². The van der Waals surface area contributed by atoms with Crippen LogP contribution >= 0.6 is 11.3 Å². The number of rotatable bonds is 3. The van der Waals surface area contributed by atoms with E-state index in [1.807, 2.05) is 11.4 Å². The van der Waals surface area contributed by atoms with Crippen molar-refractivity contribution in [2.24, 2.45) is 0 Å². The quantitative estimate of drug-likeness (QED) is 0.852. The molecule has 0 unspecified atom stereocenters. The summed E-state index contributed by atoms with van der Waals surface area (Å²) in [6, 6.07) is 5.54. The fourth-order valence-electron chi connectivity index (χ4n) is 1.07. The zero-order valence-electron chi connectivity index (χ0n) is 7.84. The molecule has 1 N–H and O–H groups in total. The van der Waals surface area contributed by atoms with E-state index in [0.717, 1.165) is 11.5 Å². The molecule has 0 aliphatic carbocycles. The van der Waals surface area contributed by atoms with Crippen molar-refractivity contribution >= 4 is 17.2 Å². The van der Waals surface area contributed by atoms with Crippen molar-refractivity contribution < 1.29 is 0 Å². The smallest absolute Gasteiger partial charge is 0.126 e. The number of thiazole rings is 1. The maximum atomic E-state index is 8.59. The van der Waals surface area contributed by atoms with Crippen LogP contribution < -0.4 is 5.32 Å². The first-order chi connectivity index (χ1) is 7.38. The average molecular weight is 216 g/mol. The van der Waals surface area contributed by atoms with Crippen LogP contribution in [0.25, 0.3) is 0 Å². The predicted molar refractivity (Wildman–Crippen MR) is 58.4 cm³/mol. The lowest BCUT2D eigenvalue weighted by Gasteiger charge is -2.02. The highest BCUT2D eigenvalue weighted by molar-refractivity contribution is 7.07. The minimum atomic E-state index is 0.564. The lowest BCUT2D eigenvalue weighted by Crippen LogP contribution is -2.01. The summed E-state index contributed by atoms with van der Waals surface area (Å²) in [4.78, 5) is 8.23. The van der Waals surface area contributed by atoms with Gasteiger partial charge in [-0.25, -0.2) is 9.97 Å². The summed E-state index contributed by atoms with van der Waals surface area (Å²) in [5.74, 6) is 0.752. The van der Waals surface area contributed by atoms with Crippen molar-refractivity contribution in [2.75, 3.05) is 5.32 Å². The predicted octanol–water partition coefficient (Wildman–Crippen LogP) is 2.02. The number of pyridine rings is 1. The van der Waals surface area contributed by atoms with Gasteiger partial charge in [0.1, 0.15) is 11.9 Å². The Bertz CT molecular complexity index is 455. The number of nitriles is 1. The van der Waals surface area contributed by atoms with Crippen molar-refractivity contribution in [3.8, 4) is 6.07 Å². The second kappa shape index (κ2) is 4.53. The van der Waals surface area contributed by atoms with E-state index < -0.39 is 0 Å². The fourth-order valence-corrected chi connectivity index (χ4v) is 1.63. The van der Waals surface area contributed by atoms with Gasteiger partial charge in [0, 0.05) is 11.6 Å². The van der Waals surface area contributed by atoms with Crippen molar-refractivity contribution in [2.45, 2.75) is 6.54 Å². The Kier molecular flexibility index (Phi) is 2.90. The van der Waals surface area contributed by atoms with Crippen LogP contribution in [0.15, 0.2) is 29.2 Å². The molecule has 2 aromatic heterocycles. The Morgan fingerprint density at radius 1 is 1.40 bits per heavy atom. The molecule has 0 atom stereocenters. The van der Waals surface area contributed by atoms with Crippen molar-refractivity contribution in [3.05, 3.63) is 40.5 Å². The maximum absolute atomic E-state index is 8.59.